The van der Waals surface area contributed by atoms with Gasteiger partial charge >= 0.3 is 0 Å². The average molecular weight is 594 g/mol. The predicted octanol–water partition coefficient (Wildman–Crippen LogP) is 8.51. The maximum atomic E-state index is 2.37. The van der Waals surface area contributed by atoms with Crippen molar-refractivity contribution >= 4 is 45.9 Å². The molecule has 0 amide bonds. The van der Waals surface area contributed by atoms with Crippen molar-refractivity contribution in [3.8, 4) is 11.1 Å². The summed E-state index contributed by atoms with van der Waals surface area (Å²) in [6.07, 6.45) is 0. The summed E-state index contributed by atoms with van der Waals surface area (Å²) in [5, 5.41) is 5.53. The molecule has 7 aromatic rings. The van der Waals surface area contributed by atoms with E-state index in [1.54, 1.807) is 0 Å². The summed E-state index contributed by atoms with van der Waals surface area (Å²) in [6.45, 7) is 2.13. The molecule has 7 aromatic carbocycles. The van der Waals surface area contributed by atoms with Crippen LogP contribution in [0.1, 0.15) is 5.56 Å². The lowest BCUT2D eigenvalue weighted by molar-refractivity contribution is 1.27. The molecule has 0 N–H and O–H groups in total. The maximum Gasteiger partial charge on any atom is 0.179 e. The summed E-state index contributed by atoms with van der Waals surface area (Å²) in [6, 6.07) is 70.8. The van der Waals surface area contributed by atoms with Gasteiger partial charge in [-0.15, -0.1) is 0 Å². The molecular formula is C43H35NSi. The Kier molecular flexibility index (Phi) is 7.97. The number of nitrogens with zero attached hydrogens (tertiary/aromatic N) is 1. The van der Waals surface area contributed by atoms with E-state index in [0.717, 1.165) is 17.1 Å². The van der Waals surface area contributed by atoms with Gasteiger partial charge in [-0.1, -0.05) is 163 Å². The number of anilines is 3. The average Bonchev–Trinajstić information content (AvgIpc) is 3.12. The van der Waals surface area contributed by atoms with E-state index in [9.17, 15) is 0 Å². The Bertz CT molecular complexity index is 1860. The minimum absolute atomic E-state index is 1.13. The molecule has 7 rings (SSSR count). The van der Waals surface area contributed by atoms with Gasteiger partial charge in [-0.2, -0.15) is 0 Å². The first kappa shape index (κ1) is 28.3. The molecule has 216 valence electrons. The zero-order valence-corrected chi connectivity index (χ0v) is 26.4. The molecule has 0 saturated heterocycles. The molecule has 0 spiro atoms. The Morgan fingerprint density at radius 2 is 0.622 bits per heavy atom. The lowest BCUT2D eigenvalue weighted by Crippen LogP contribution is -2.74. The second-order valence-electron chi connectivity index (χ2n) is 11.5. The van der Waals surface area contributed by atoms with Crippen LogP contribution in [0.2, 0.25) is 0 Å². The largest absolute Gasteiger partial charge is 0.311 e. The SMILES string of the molecule is Cc1ccc(N(c2ccccc2)c2ccc(-c3ccc([Si](c4ccccc4)(c4ccccc4)c4ccccc4)cc3)cc2)cc1. The van der Waals surface area contributed by atoms with Gasteiger partial charge in [0, 0.05) is 17.1 Å². The summed E-state index contributed by atoms with van der Waals surface area (Å²) in [5.74, 6) is 0. The number of rotatable bonds is 8. The first-order chi connectivity index (χ1) is 22.2. The van der Waals surface area contributed by atoms with Crippen LogP contribution in [-0.2, 0) is 0 Å². The standard InChI is InChI=1S/C43H35NSi/c1-34-22-28-38(29-23-34)44(37-14-6-2-7-15-37)39-30-24-35(25-31-39)36-26-32-43(33-27-36)45(40-16-8-3-9-17-40,41-18-10-4-11-19-41)42-20-12-5-13-21-42/h2-33H,1H3. The highest BCUT2D eigenvalue weighted by Gasteiger charge is 2.41. The molecule has 45 heavy (non-hydrogen) atoms. The number of hydrogen-bond donors (Lipinski definition) is 0. The molecular weight excluding hydrogens is 559 g/mol. The highest BCUT2D eigenvalue weighted by Crippen LogP contribution is 2.35. The molecule has 0 bridgehead atoms. The van der Waals surface area contributed by atoms with Crippen LogP contribution in [0, 0.1) is 6.92 Å². The maximum absolute atomic E-state index is 2.53. The van der Waals surface area contributed by atoms with Gasteiger partial charge in [0.05, 0.1) is 0 Å². The van der Waals surface area contributed by atoms with Crippen LogP contribution in [0.5, 0.6) is 0 Å². The topological polar surface area (TPSA) is 3.24 Å². The van der Waals surface area contributed by atoms with Gasteiger partial charge in [-0.3, -0.25) is 0 Å². The number of para-hydroxylation sites is 1. The normalized spacial score (nSPS) is 11.2. The van der Waals surface area contributed by atoms with Gasteiger partial charge in [-0.05, 0) is 75.2 Å². The molecule has 0 aliphatic rings. The zero-order chi connectivity index (χ0) is 30.5. The molecule has 0 atom stereocenters. The van der Waals surface area contributed by atoms with E-state index in [-0.39, 0.29) is 0 Å². The third kappa shape index (κ3) is 5.53. The summed E-state index contributed by atoms with van der Waals surface area (Å²) in [7, 11) is -2.53. The van der Waals surface area contributed by atoms with Crippen molar-refractivity contribution in [1.82, 2.24) is 0 Å². The molecule has 1 nitrogen and oxygen atoms in total. The smallest absolute Gasteiger partial charge is 0.179 e. The van der Waals surface area contributed by atoms with Gasteiger partial charge in [0.1, 0.15) is 0 Å². The second kappa shape index (κ2) is 12.7. The molecule has 0 fully saturated rings. The van der Waals surface area contributed by atoms with Crippen molar-refractivity contribution in [1.29, 1.82) is 0 Å². The number of hydrogen-bond acceptors (Lipinski definition) is 1. The second-order valence-corrected chi connectivity index (χ2v) is 15.3. The van der Waals surface area contributed by atoms with E-state index in [2.05, 4.69) is 206 Å². The van der Waals surface area contributed by atoms with E-state index in [1.165, 1.54) is 37.4 Å². The Morgan fingerprint density at radius 3 is 1.04 bits per heavy atom. The molecule has 0 radical (unpaired) electrons. The van der Waals surface area contributed by atoms with E-state index in [0.29, 0.717) is 0 Å². The van der Waals surface area contributed by atoms with E-state index >= 15 is 0 Å². The van der Waals surface area contributed by atoms with Gasteiger partial charge in [0.2, 0.25) is 0 Å². The van der Waals surface area contributed by atoms with E-state index in [1.807, 2.05) is 0 Å². The fourth-order valence-corrected chi connectivity index (χ4v) is 11.2. The third-order valence-electron chi connectivity index (χ3n) is 8.70. The van der Waals surface area contributed by atoms with Crippen LogP contribution in [-0.4, -0.2) is 8.07 Å². The van der Waals surface area contributed by atoms with Crippen LogP contribution in [0.15, 0.2) is 194 Å². The van der Waals surface area contributed by atoms with Crippen LogP contribution in [0.4, 0.5) is 17.1 Å². The molecule has 0 unspecified atom stereocenters. The highest BCUT2D eigenvalue weighted by molar-refractivity contribution is 7.19. The molecule has 0 saturated carbocycles. The van der Waals surface area contributed by atoms with Crippen molar-refractivity contribution < 1.29 is 0 Å². The first-order valence-corrected chi connectivity index (χ1v) is 17.5. The van der Waals surface area contributed by atoms with Crippen molar-refractivity contribution in [3.05, 3.63) is 200 Å². The Labute approximate surface area is 267 Å². The van der Waals surface area contributed by atoms with Crippen molar-refractivity contribution in [2.24, 2.45) is 0 Å². The first-order valence-electron chi connectivity index (χ1n) is 15.5. The monoisotopic (exact) mass is 593 g/mol. The zero-order valence-electron chi connectivity index (χ0n) is 25.4. The van der Waals surface area contributed by atoms with Crippen LogP contribution in [0.3, 0.4) is 0 Å². The molecule has 2 heteroatoms. The van der Waals surface area contributed by atoms with Gasteiger partial charge < -0.3 is 4.90 Å². The number of benzene rings is 7. The quantitative estimate of drug-likeness (QED) is 0.126. The fourth-order valence-electron chi connectivity index (χ4n) is 6.50. The summed E-state index contributed by atoms with van der Waals surface area (Å²) in [4.78, 5) is 2.31. The van der Waals surface area contributed by atoms with E-state index < -0.39 is 8.07 Å². The van der Waals surface area contributed by atoms with E-state index in [4.69, 9.17) is 0 Å². The van der Waals surface area contributed by atoms with Crippen LogP contribution in [0.25, 0.3) is 11.1 Å². The fraction of sp³-hybridized carbons (Fsp3) is 0.0233. The lowest BCUT2D eigenvalue weighted by atomic mass is 10.0. The van der Waals surface area contributed by atoms with Gasteiger partial charge in [-0.25, -0.2) is 0 Å². The molecule has 0 aromatic heterocycles. The van der Waals surface area contributed by atoms with Gasteiger partial charge in [0.15, 0.2) is 8.07 Å². The Morgan fingerprint density at radius 1 is 0.311 bits per heavy atom. The Hall–Kier alpha value is -5.44. The van der Waals surface area contributed by atoms with Crippen LogP contribution < -0.4 is 25.6 Å². The number of aryl methyl sites for hydroxylation is 1. The highest BCUT2D eigenvalue weighted by atomic mass is 28.3. The Balaban J connectivity index is 1.29. The molecule has 0 heterocycles. The minimum atomic E-state index is -2.53. The molecule has 0 aliphatic heterocycles. The van der Waals surface area contributed by atoms with Crippen molar-refractivity contribution in [3.63, 3.8) is 0 Å². The summed E-state index contributed by atoms with van der Waals surface area (Å²) >= 11 is 0. The lowest BCUT2D eigenvalue weighted by Gasteiger charge is -2.34. The van der Waals surface area contributed by atoms with Gasteiger partial charge in [0.25, 0.3) is 0 Å². The molecule has 0 aliphatic carbocycles. The third-order valence-corrected chi connectivity index (χ3v) is 13.5. The van der Waals surface area contributed by atoms with Crippen LogP contribution >= 0.6 is 0 Å². The predicted molar refractivity (Wildman–Crippen MR) is 195 cm³/mol. The van der Waals surface area contributed by atoms with Crippen molar-refractivity contribution in [2.45, 2.75) is 6.92 Å². The minimum Gasteiger partial charge on any atom is -0.311 e. The van der Waals surface area contributed by atoms with Crippen molar-refractivity contribution in [2.75, 3.05) is 4.90 Å². The summed E-state index contributed by atoms with van der Waals surface area (Å²) < 4.78 is 0. The summed E-state index contributed by atoms with van der Waals surface area (Å²) in [5.41, 5.74) is 7.09.